The molecule has 0 saturated heterocycles. The van der Waals surface area contributed by atoms with Gasteiger partial charge in [0.1, 0.15) is 0 Å². The van der Waals surface area contributed by atoms with Crippen LogP contribution in [0.3, 0.4) is 0 Å². The fourth-order valence-electron chi connectivity index (χ4n) is 12.2. The number of fused-ring (bicyclic) bond motifs is 11. The molecule has 2 aliphatic heterocycles. The molecule has 0 N–H and O–H groups in total. The minimum atomic E-state index is -0.123. The Balaban J connectivity index is 1.25. The van der Waals surface area contributed by atoms with Crippen LogP contribution < -0.4 is 21.1 Å². The standard InChI is InChI=1S/C66H55BN2P2/c1-65(2,3)44-27-28-59-54(33-44)55-34-45(66(4,5)6)35-56-62-48-24-16-15-23-42(48)32-61-63(62)67(69(59)64(55)56)58-37-52-51(29-40-19-11-9-12-20-40)49-25-17-18-26-50(49)57(39-70-7)53(52)38-60(58)68(61)46-30-43(31-47(36-46)71-8)41-21-13-10-14-22-41/h9-28,30-38H,7-8,29,39H2,1-6H3. The minimum Gasteiger partial charge on any atom is -0.375 e. The zero-order valence-corrected chi connectivity index (χ0v) is 43.2. The molecule has 0 unspecified atom stereocenters. The summed E-state index contributed by atoms with van der Waals surface area (Å²) in [5, 5.41) is 11.6. The van der Waals surface area contributed by atoms with E-state index in [1.54, 1.807) is 0 Å². The first-order valence-electron chi connectivity index (χ1n) is 25.0. The Morgan fingerprint density at radius 1 is 0.521 bits per heavy atom. The monoisotopic (exact) mass is 948 g/mol. The van der Waals surface area contributed by atoms with E-state index in [2.05, 4.69) is 239 Å². The summed E-state index contributed by atoms with van der Waals surface area (Å²) in [6.07, 6.45) is 10.6. The summed E-state index contributed by atoms with van der Waals surface area (Å²) in [6, 6.07) is 67.5. The molecule has 2 aliphatic rings. The molecule has 2 nitrogen and oxygen atoms in total. The van der Waals surface area contributed by atoms with Gasteiger partial charge in [0.15, 0.2) is 0 Å². The van der Waals surface area contributed by atoms with Crippen LogP contribution in [0.2, 0.25) is 0 Å². The van der Waals surface area contributed by atoms with Gasteiger partial charge in [-0.3, -0.25) is 0 Å². The summed E-state index contributed by atoms with van der Waals surface area (Å²) in [4.78, 5) is 2.63. The van der Waals surface area contributed by atoms with Crippen LogP contribution in [-0.4, -0.2) is 23.9 Å². The van der Waals surface area contributed by atoms with Crippen LogP contribution in [0, 0.1) is 0 Å². The molecule has 71 heavy (non-hydrogen) atoms. The molecule has 342 valence electrons. The molecule has 0 amide bonds. The average molecular weight is 949 g/mol. The van der Waals surface area contributed by atoms with Crippen LogP contribution in [0.15, 0.2) is 176 Å². The van der Waals surface area contributed by atoms with Crippen LogP contribution in [0.4, 0.5) is 17.1 Å². The maximum absolute atomic E-state index is 4.46. The Labute approximate surface area is 421 Å². The molecule has 0 atom stereocenters. The Kier molecular flexibility index (Phi) is 10.1. The van der Waals surface area contributed by atoms with Crippen molar-refractivity contribution in [2.45, 2.75) is 65.0 Å². The van der Waals surface area contributed by atoms with Crippen molar-refractivity contribution in [2.75, 3.05) is 4.90 Å². The summed E-state index contributed by atoms with van der Waals surface area (Å²) in [7, 11) is 2.07. The summed E-state index contributed by atoms with van der Waals surface area (Å²) in [5.74, 6) is 0. The van der Waals surface area contributed by atoms with Crippen molar-refractivity contribution in [1.82, 2.24) is 4.48 Å². The molecular formula is C66H55BN2P2. The number of hydrogen-bond acceptors (Lipinski definition) is 1. The first kappa shape index (κ1) is 44.0. The molecule has 13 rings (SSSR count). The first-order chi connectivity index (χ1) is 34.4. The highest BCUT2D eigenvalue weighted by atomic mass is 31.1. The fourth-order valence-corrected chi connectivity index (χ4v) is 13.2. The third kappa shape index (κ3) is 6.85. The normalized spacial score (nSPS) is 13.3. The predicted octanol–water partition coefficient (Wildman–Crippen LogP) is 16.4. The molecule has 0 fully saturated rings. The number of anilines is 3. The molecule has 5 heteroatoms. The van der Waals surface area contributed by atoms with Gasteiger partial charge < -0.3 is 9.38 Å². The first-order valence-corrected chi connectivity index (χ1v) is 27.4. The van der Waals surface area contributed by atoms with Crippen molar-refractivity contribution >= 4 is 123 Å². The van der Waals surface area contributed by atoms with Crippen LogP contribution >= 0.6 is 16.4 Å². The highest BCUT2D eigenvalue weighted by Gasteiger charge is 2.44. The molecule has 0 spiro atoms. The number of benzene rings is 10. The molecule has 0 bridgehead atoms. The van der Waals surface area contributed by atoms with Crippen LogP contribution in [0.5, 0.6) is 0 Å². The molecule has 1 aromatic heterocycles. The molecule has 0 aliphatic carbocycles. The van der Waals surface area contributed by atoms with Crippen molar-refractivity contribution in [1.29, 1.82) is 0 Å². The highest BCUT2D eigenvalue weighted by molar-refractivity contribution is 7.45. The van der Waals surface area contributed by atoms with Gasteiger partial charge in [0.25, 0.3) is 0 Å². The van der Waals surface area contributed by atoms with Gasteiger partial charge in [-0.2, -0.15) is 0 Å². The van der Waals surface area contributed by atoms with E-state index in [9.17, 15) is 0 Å². The van der Waals surface area contributed by atoms with E-state index in [1.807, 2.05) is 0 Å². The molecule has 10 aromatic carbocycles. The third-order valence-electron chi connectivity index (χ3n) is 15.6. The number of hydrogen-bond donors (Lipinski definition) is 0. The van der Waals surface area contributed by atoms with E-state index in [1.165, 1.54) is 132 Å². The van der Waals surface area contributed by atoms with Crippen molar-refractivity contribution in [3.8, 4) is 22.3 Å². The van der Waals surface area contributed by atoms with E-state index in [4.69, 9.17) is 0 Å². The summed E-state index contributed by atoms with van der Waals surface area (Å²) in [5.41, 5.74) is 20.5. The van der Waals surface area contributed by atoms with Gasteiger partial charge in [0, 0.05) is 55.9 Å². The molecular weight excluding hydrogens is 893 g/mol. The van der Waals surface area contributed by atoms with Crippen LogP contribution in [-0.2, 0) is 23.4 Å². The second-order valence-corrected chi connectivity index (χ2v) is 23.5. The predicted molar refractivity (Wildman–Crippen MR) is 316 cm³/mol. The fraction of sp³-hybridized carbons (Fsp3) is 0.152. The lowest BCUT2D eigenvalue weighted by Gasteiger charge is -2.42. The lowest BCUT2D eigenvalue weighted by Crippen LogP contribution is -2.56. The topological polar surface area (TPSA) is 8.17 Å². The maximum Gasteiger partial charge on any atom is 0.333 e. The van der Waals surface area contributed by atoms with Crippen molar-refractivity contribution < 1.29 is 0 Å². The lowest BCUT2D eigenvalue weighted by molar-refractivity contribution is 0.590. The van der Waals surface area contributed by atoms with Crippen molar-refractivity contribution in [3.05, 3.63) is 204 Å². The van der Waals surface area contributed by atoms with E-state index >= 15 is 0 Å². The minimum absolute atomic E-state index is 0.0138. The van der Waals surface area contributed by atoms with E-state index < -0.39 is 0 Å². The Morgan fingerprint density at radius 3 is 1.90 bits per heavy atom. The lowest BCUT2D eigenvalue weighted by atomic mass is 9.44. The van der Waals surface area contributed by atoms with Gasteiger partial charge in [-0.05, 0) is 160 Å². The quantitative estimate of drug-likeness (QED) is 0.0878. The van der Waals surface area contributed by atoms with Crippen molar-refractivity contribution in [3.63, 3.8) is 0 Å². The van der Waals surface area contributed by atoms with Crippen LogP contribution in [0.25, 0.3) is 76.4 Å². The Morgan fingerprint density at radius 2 is 1.18 bits per heavy atom. The second kappa shape index (κ2) is 16.3. The second-order valence-electron chi connectivity index (χ2n) is 21.9. The number of rotatable bonds is 7. The summed E-state index contributed by atoms with van der Waals surface area (Å²) in [6.45, 7) is 14.0. The number of aromatic nitrogens is 1. The smallest absolute Gasteiger partial charge is 0.333 e. The summed E-state index contributed by atoms with van der Waals surface area (Å²) < 4.78 is 2.76. The van der Waals surface area contributed by atoms with E-state index in [0.29, 0.717) is 0 Å². The van der Waals surface area contributed by atoms with Gasteiger partial charge in [0.2, 0.25) is 0 Å². The Hall–Kier alpha value is -7.02. The zero-order chi connectivity index (χ0) is 48.5. The van der Waals surface area contributed by atoms with Crippen LogP contribution in [0.1, 0.15) is 69.4 Å². The van der Waals surface area contributed by atoms with Gasteiger partial charge in [-0.1, -0.05) is 184 Å². The van der Waals surface area contributed by atoms with Gasteiger partial charge in [0.05, 0.1) is 0 Å². The molecule has 0 radical (unpaired) electrons. The number of nitrogens with zero attached hydrogens (tertiary/aromatic N) is 2. The molecule has 0 saturated carbocycles. The van der Waals surface area contributed by atoms with Gasteiger partial charge in [-0.25, -0.2) is 0 Å². The van der Waals surface area contributed by atoms with E-state index in [-0.39, 0.29) is 17.7 Å². The molecule has 11 aromatic rings. The third-order valence-corrected chi connectivity index (χ3v) is 16.8. The van der Waals surface area contributed by atoms with Gasteiger partial charge >= 0.3 is 6.85 Å². The zero-order valence-electron chi connectivity index (χ0n) is 41.4. The molecule has 3 heterocycles. The van der Waals surface area contributed by atoms with E-state index in [0.717, 1.165) is 34.7 Å². The highest BCUT2D eigenvalue weighted by Crippen LogP contribution is 2.51. The summed E-state index contributed by atoms with van der Waals surface area (Å²) >= 11 is 0. The largest absolute Gasteiger partial charge is 0.375 e. The van der Waals surface area contributed by atoms with Crippen molar-refractivity contribution in [2.24, 2.45) is 0 Å². The van der Waals surface area contributed by atoms with Gasteiger partial charge in [-0.15, -0.1) is 8.20 Å². The Bertz CT molecular complexity index is 4060. The maximum atomic E-state index is 4.46. The average Bonchev–Trinajstić information content (AvgIpc) is 3.71. The SMILES string of the molecule is C=PCc1c2ccccc2c(Cc2ccccc2)c2cc3c(cc12)N(c1cc(P=C)cc(-c2ccccc2)c1)c1cc2ccccc2c2c1B3n1c3ccc(C(C)(C)C)cc3c3cc(C(C)(C)C)cc-2c31.